The first-order valence-corrected chi connectivity index (χ1v) is 5.23. The van der Waals surface area contributed by atoms with Gasteiger partial charge in [0.25, 0.3) is 0 Å². The van der Waals surface area contributed by atoms with Crippen LogP contribution in [0.1, 0.15) is 11.4 Å². The Morgan fingerprint density at radius 1 is 1.41 bits per heavy atom. The Bertz CT molecular complexity index is 517. The molecule has 0 aliphatic carbocycles. The van der Waals surface area contributed by atoms with Crippen molar-refractivity contribution in [1.29, 1.82) is 0 Å². The van der Waals surface area contributed by atoms with Gasteiger partial charge in [0, 0.05) is 18.1 Å². The summed E-state index contributed by atoms with van der Waals surface area (Å²) >= 11 is 0. The van der Waals surface area contributed by atoms with Crippen LogP contribution in [0.5, 0.6) is 0 Å². The number of imidazole rings is 1. The smallest absolute Gasteiger partial charge is 0.405 e. The quantitative estimate of drug-likeness (QED) is 0.848. The highest BCUT2D eigenvalue weighted by Gasteiger charge is 2.05. The van der Waals surface area contributed by atoms with E-state index in [1.807, 2.05) is 42.0 Å². The highest BCUT2D eigenvalue weighted by molar-refractivity contribution is 5.64. The predicted molar refractivity (Wildman–Crippen MR) is 63.2 cm³/mol. The van der Waals surface area contributed by atoms with Crippen LogP contribution in [0.3, 0.4) is 0 Å². The standard InChI is InChI=1S/C12H13N3O2/c1-9-2-4-10(5-3-9)15-7-6-13-11(15)8-14-12(16)17/h2-7,14H,8H2,1H3,(H,16,17). The fraction of sp³-hybridized carbons (Fsp3) is 0.167. The maximum absolute atomic E-state index is 10.4. The molecule has 5 nitrogen and oxygen atoms in total. The third kappa shape index (κ3) is 2.63. The van der Waals surface area contributed by atoms with E-state index in [1.165, 1.54) is 5.56 Å². The van der Waals surface area contributed by atoms with Crippen molar-refractivity contribution in [3.05, 3.63) is 48.0 Å². The summed E-state index contributed by atoms with van der Waals surface area (Å²) in [6.45, 7) is 2.21. The van der Waals surface area contributed by atoms with Crippen molar-refractivity contribution in [2.24, 2.45) is 0 Å². The van der Waals surface area contributed by atoms with E-state index in [9.17, 15) is 4.79 Å². The van der Waals surface area contributed by atoms with E-state index in [1.54, 1.807) is 6.20 Å². The zero-order valence-corrected chi connectivity index (χ0v) is 9.42. The molecule has 0 saturated carbocycles. The van der Waals surface area contributed by atoms with Crippen LogP contribution in [0.4, 0.5) is 4.79 Å². The Kier molecular flexibility index (Phi) is 3.09. The van der Waals surface area contributed by atoms with E-state index in [2.05, 4.69) is 10.3 Å². The lowest BCUT2D eigenvalue weighted by atomic mass is 10.2. The maximum Gasteiger partial charge on any atom is 0.405 e. The van der Waals surface area contributed by atoms with E-state index < -0.39 is 6.09 Å². The Labute approximate surface area is 98.7 Å². The van der Waals surface area contributed by atoms with E-state index in [4.69, 9.17) is 5.11 Å². The lowest BCUT2D eigenvalue weighted by Crippen LogP contribution is -2.22. The van der Waals surface area contributed by atoms with Gasteiger partial charge in [-0.3, -0.25) is 0 Å². The minimum atomic E-state index is -1.05. The molecule has 2 N–H and O–H groups in total. The van der Waals surface area contributed by atoms with Crippen LogP contribution in [-0.4, -0.2) is 20.8 Å². The van der Waals surface area contributed by atoms with Crippen molar-refractivity contribution >= 4 is 6.09 Å². The highest BCUT2D eigenvalue weighted by atomic mass is 16.4. The van der Waals surface area contributed by atoms with Gasteiger partial charge in [0.1, 0.15) is 5.82 Å². The van der Waals surface area contributed by atoms with Gasteiger partial charge in [-0.2, -0.15) is 0 Å². The first-order valence-electron chi connectivity index (χ1n) is 5.23. The number of aromatic nitrogens is 2. The lowest BCUT2D eigenvalue weighted by molar-refractivity contribution is 0.193. The zero-order chi connectivity index (χ0) is 12.3. The second-order valence-electron chi connectivity index (χ2n) is 3.71. The minimum absolute atomic E-state index is 0.191. The van der Waals surface area contributed by atoms with Gasteiger partial charge >= 0.3 is 6.09 Å². The lowest BCUT2D eigenvalue weighted by Gasteiger charge is -2.07. The number of carbonyl (C=O) groups is 1. The van der Waals surface area contributed by atoms with Crippen LogP contribution in [0, 0.1) is 6.92 Å². The van der Waals surface area contributed by atoms with Gasteiger partial charge in [0.05, 0.1) is 6.54 Å². The Morgan fingerprint density at radius 2 is 2.12 bits per heavy atom. The van der Waals surface area contributed by atoms with E-state index in [-0.39, 0.29) is 6.54 Å². The summed E-state index contributed by atoms with van der Waals surface area (Å²) in [7, 11) is 0. The van der Waals surface area contributed by atoms with Crippen molar-refractivity contribution in [3.63, 3.8) is 0 Å². The number of nitrogens with zero attached hydrogens (tertiary/aromatic N) is 2. The topological polar surface area (TPSA) is 67.2 Å². The van der Waals surface area contributed by atoms with Crippen LogP contribution >= 0.6 is 0 Å². The van der Waals surface area contributed by atoms with Crippen molar-refractivity contribution in [2.75, 3.05) is 0 Å². The van der Waals surface area contributed by atoms with Gasteiger partial charge < -0.3 is 15.0 Å². The summed E-state index contributed by atoms with van der Waals surface area (Å²) < 4.78 is 1.86. The number of benzene rings is 1. The molecule has 0 saturated heterocycles. The molecule has 88 valence electrons. The third-order valence-electron chi connectivity index (χ3n) is 2.43. The maximum atomic E-state index is 10.4. The second kappa shape index (κ2) is 4.69. The monoisotopic (exact) mass is 231 g/mol. The molecule has 1 heterocycles. The molecule has 5 heteroatoms. The van der Waals surface area contributed by atoms with Crippen LogP contribution in [-0.2, 0) is 6.54 Å². The summed E-state index contributed by atoms with van der Waals surface area (Å²) in [5, 5.41) is 10.9. The first-order chi connectivity index (χ1) is 8.16. The molecule has 0 unspecified atom stereocenters. The molecule has 0 aliphatic rings. The molecule has 0 fully saturated rings. The van der Waals surface area contributed by atoms with E-state index in [0.29, 0.717) is 5.82 Å². The number of aryl methyl sites for hydroxylation is 1. The average molecular weight is 231 g/mol. The summed E-state index contributed by atoms with van der Waals surface area (Å²) in [6.07, 6.45) is 2.41. The molecule has 2 rings (SSSR count). The van der Waals surface area contributed by atoms with Crippen LogP contribution in [0.2, 0.25) is 0 Å². The van der Waals surface area contributed by atoms with Gasteiger partial charge in [0.2, 0.25) is 0 Å². The first kappa shape index (κ1) is 11.2. The molecule has 1 aromatic heterocycles. The van der Waals surface area contributed by atoms with Crippen LogP contribution in [0.15, 0.2) is 36.7 Å². The number of carboxylic acid groups (broad SMARTS) is 1. The number of hydrogen-bond acceptors (Lipinski definition) is 2. The number of rotatable bonds is 3. The summed E-state index contributed by atoms with van der Waals surface area (Å²) in [6, 6.07) is 7.95. The third-order valence-corrected chi connectivity index (χ3v) is 2.43. The normalized spacial score (nSPS) is 10.2. The fourth-order valence-electron chi connectivity index (χ4n) is 1.56. The summed E-state index contributed by atoms with van der Waals surface area (Å²) in [5.41, 5.74) is 2.15. The van der Waals surface area contributed by atoms with E-state index >= 15 is 0 Å². The van der Waals surface area contributed by atoms with Crippen molar-refractivity contribution in [2.45, 2.75) is 13.5 Å². The van der Waals surface area contributed by atoms with Gasteiger partial charge in [-0.25, -0.2) is 9.78 Å². The summed E-state index contributed by atoms with van der Waals surface area (Å²) in [5.74, 6) is 0.663. The van der Waals surface area contributed by atoms with Crippen LogP contribution in [0.25, 0.3) is 5.69 Å². The molecule has 0 atom stereocenters. The van der Waals surface area contributed by atoms with Gasteiger partial charge in [-0.05, 0) is 19.1 Å². The SMILES string of the molecule is Cc1ccc(-n2ccnc2CNC(=O)O)cc1. The van der Waals surface area contributed by atoms with E-state index in [0.717, 1.165) is 5.69 Å². The zero-order valence-electron chi connectivity index (χ0n) is 9.42. The molecule has 1 aromatic carbocycles. The molecule has 1 amide bonds. The molecular weight excluding hydrogens is 218 g/mol. The minimum Gasteiger partial charge on any atom is -0.465 e. The molecule has 0 aliphatic heterocycles. The largest absolute Gasteiger partial charge is 0.465 e. The van der Waals surface area contributed by atoms with Crippen molar-refractivity contribution in [1.82, 2.24) is 14.9 Å². The fourth-order valence-corrected chi connectivity index (χ4v) is 1.56. The highest BCUT2D eigenvalue weighted by Crippen LogP contribution is 2.11. The van der Waals surface area contributed by atoms with Crippen LogP contribution < -0.4 is 5.32 Å². The predicted octanol–water partition coefficient (Wildman–Crippen LogP) is 1.95. The molecule has 0 bridgehead atoms. The summed E-state index contributed by atoms with van der Waals surface area (Å²) in [4.78, 5) is 14.6. The molecule has 0 spiro atoms. The van der Waals surface area contributed by atoms with Gasteiger partial charge in [-0.1, -0.05) is 17.7 Å². The van der Waals surface area contributed by atoms with Crippen molar-refractivity contribution < 1.29 is 9.90 Å². The van der Waals surface area contributed by atoms with Crippen molar-refractivity contribution in [3.8, 4) is 5.69 Å². The number of nitrogens with one attached hydrogen (secondary N) is 1. The average Bonchev–Trinajstić information content (AvgIpc) is 2.75. The molecule has 2 aromatic rings. The molecule has 17 heavy (non-hydrogen) atoms. The Morgan fingerprint density at radius 3 is 2.76 bits per heavy atom. The number of amides is 1. The number of hydrogen-bond donors (Lipinski definition) is 2. The second-order valence-corrected chi connectivity index (χ2v) is 3.71. The van der Waals surface area contributed by atoms with Gasteiger partial charge in [0.15, 0.2) is 0 Å². The molecule has 0 radical (unpaired) electrons. The Balaban J connectivity index is 2.24. The van der Waals surface area contributed by atoms with Gasteiger partial charge in [-0.15, -0.1) is 0 Å². The Hall–Kier alpha value is -2.30. The molecular formula is C12H13N3O2.